The molecule has 0 aliphatic carbocycles. The first-order valence-corrected chi connectivity index (χ1v) is 9.17. The van der Waals surface area contributed by atoms with Gasteiger partial charge in [0.1, 0.15) is 12.0 Å². The second kappa shape index (κ2) is 7.60. The number of amides is 1. The minimum atomic E-state index is 0.0197. The molecule has 5 heteroatoms. The van der Waals surface area contributed by atoms with Crippen LogP contribution in [-0.4, -0.2) is 38.8 Å². The molecule has 0 unspecified atom stereocenters. The Morgan fingerprint density at radius 2 is 1.96 bits per heavy atom. The van der Waals surface area contributed by atoms with Crippen LogP contribution < -0.4 is 0 Å². The molecule has 132 valence electrons. The van der Waals surface area contributed by atoms with Crippen molar-refractivity contribution >= 4 is 16.7 Å². The molecule has 1 aromatic carbocycles. The van der Waals surface area contributed by atoms with E-state index in [1.165, 1.54) is 22.7 Å². The first-order chi connectivity index (χ1) is 12.8. The first-order valence-electron chi connectivity index (χ1n) is 9.17. The quantitative estimate of drug-likeness (QED) is 0.728. The van der Waals surface area contributed by atoms with Crippen LogP contribution in [0.5, 0.6) is 0 Å². The monoisotopic (exact) mass is 346 g/mol. The molecule has 2 aromatic heterocycles. The zero-order valence-corrected chi connectivity index (χ0v) is 14.7. The molecule has 1 aliphatic heterocycles. The summed E-state index contributed by atoms with van der Waals surface area (Å²) in [4.78, 5) is 26.7. The number of hydrogen-bond acceptors (Lipinski definition) is 4. The molecular weight excluding hydrogens is 324 g/mol. The number of aromatic nitrogens is 3. The Kier molecular flexibility index (Phi) is 4.86. The van der Waals surface area contributed by atoms with Crippen LogP contribution in [0.1, 0.15) is 35.3 Å². The van der Waals surface area contributed by atoms with E-state index < -0.39 is 0 Å². The lowest BCUT2D eigenvalue weighted by Crippen LogP contribution is -2.32. The highest BCUT2D eigenvalue weighted by molar-refractivity contribution is 5.92. The van der Waals surface area contributed by atoms with Crippen molar-refractivity contribution in [3.63, 3.8) is 0 Å². The molecular formula is C21H22N4O. The molecule has 26 heavy (non-hydrogen) atoms. The molecule has 3 heterocycles. The van der Waals surface area contributed by atoms with E-state index in [4.69, 9.17) is 0 Å². The largest absolute Gasteiger partial charge is 0.337 e. The molecule has 0 spiro atoms. The van der Waals surface area contributed by atoms with Gasteiger partial charge >= 0.3 is 0 Å². The van der Waals surface area contributed by atoms with Gasteiger partial charge in [-0.2, -0.15) is 0 Å². The van der Waals surface area contributed by atoms with Gasteiger partial charge in [-0.05, 0) is 54.7 Å². The molecule has 1 fully saturated rings. The zero-order valence-electron chi connectivity index (χ0n) is 14.7. The molecule has 5 nitrogen and oxygen atoms in total. The Hall–Kier alpha value is -2.82. The van der Waals surface area contributed by atoms with Gasteiger partial charge in [0.05, 0.1) is 0 Å². The van der Waals surface area contributed by atoms with Crippen molar-refractivity contribution in [2.75, 3.05) is 13.1 Å². The highest BCUT2D eigenvalue weighted by Gasteiger charge is 2.22. The third-order valence-electron chi connectivity index (χ3n) is 5.17. The third-order valence-corrected chi connectivity index (χ3v) is 5.17. The fourth-order valence-corrected chi connectivity index (χ4v) is 3.74. The van der Waals surface area contributed by atoms with Gasteiger partial charge in [-0.3, -0.25) is 9.78 Å². The number of carbonyl (C=O) groups excluding carboxylic acids is 1. The second-order valence-corrected chi connectivity index (χ2v) is 6.95. The Bertz CT molecular complexity index is 897. The van der Waals surface area contributed by atoms with E-state index in [2.05, 4.69) is 39.2 Å². The van der Waals surface area contributed by atoms with E-state index in [9.17, 15) is 4.79 Å². The maximum absolute atomic E-state index is 12.6. The van der Waals surface area contributed by atoms with Crippen LogP contribution >= 0.6 is 0 Å². The van der Waals surface area contributed by atoms with Crippen LogP contribution in [0, 0.1) is 5.92 Å². The van der Waals surface area contributed by atoms with Gasteiger partial charge in [-0.25, -0.2) is 9.97 Å². The van der Waals surface area contributed by atoms with Crippen molar-refractivity contribution in [3.05, 3.63) is 66.5 Å². The van der Waals surface area contributed by atoms with Gasteiger partial charge in [0, 0.05) is 37.1 Å². The molecule has 4 rings (SSSR count). The molecule has 3 aromatic rings. The molecule has 0 N–H and O–H groups in total. The average Bonchev–Trinajstić information content (AvgIpc) is 2.93. The summed E-state index contributed by atoms with van der Waals surface area (Å²) in [6.07, 6.45) is 11.1. The topological polar surface area (TPSA) is 59.0 Å². The Labute approximate surface area is 153 Å². The van der Waals surface area contributed by atoms with Crippen LogP contribution in [0.25, 0.3) is 10.8 Å². The Morgan fingerprint density at radius 3 is 2.85 bits per heavy atom. The molecule has 1 aliphatic rings. The second-order valence-electron chi connectivity index (χ2n) is 6.95. The van der Waals surface area contributed by atoms with Gasteiger partial charge in [0.25, 0.3) is 5.91 Å². The van der Waals surface area contributed by atoms with E-state index >= 15 is 0 Å². The summed E-state index contributed by atoms with van der Waals surface area (Å²) in [5.74, 6) is 0.628. The van der Waals surface area contributed by atoms with Gasteiger partial charge in [0.2, 0.25) is 0 Å². The summed E-state index contributed by atoms with van der Waals surface area (Å²) >= 11 is 0. The maximum Gasteiger partial charge on any atom is 0.272 e. The molecule has 1 atom stereocenters. The van der Waals surface area contributed by atoms with Crippen molar-refractivity contribution in [2.24, 2.45) is 5.92 Å². The van der Waals surface area contributed by atoms with Crippen molar-refractivity contribution in [2.45, 2.75) is 25.7 Å². The average molecular weight is 346 g/mol. The van der Waals surface area contributed by atoms with Crippen molar-refractivity contribution < 1.29 is 4.79 Å². The highest BCUT2D eigenvalue weighted by atomic mass is 16.2. The summed E-state index contributed by atoms with van der Waals surface area (Å²) < 4.78 is 0. The summed E-state index contributed by atoms with van der Waals surface area (Å²) in [5, 5.41) is 2.42. The smallest absolute Gasteiger partial charge is 0.272 e. The van der Waals surface area contributed by atoms with Crippen LogP contribution in [0.3, 0.4) is 0 Å². The summed E-state index contributed by atoms with van der Waals surface area (Å²) in [6.45, 7) is 1.60. The standard InChI is InChI=1S/C21H22N4O/c26-21(20-6-9-23-15-24-20)25-10-1-2-16(7-11-25)12-17-3-4-19-14-22-8-5-18(19)13-17/h3-6,8-9,13-16H,1-2,7,10-12H2/t16-/m1/s1. The third kappa shape index (κ3) is 3.72. The van der Waals surface area contributed by atoms with Crippen LogP contribution in [0.2, 0.25) is 0 Å². The lowest BCUT2D eigenvalue weighted by molar-refractivity contribution is 0.0754. The fourth-order valence-electron chi connectivity index (χ4n) is 3.74. The number of likely N-dealkylation sites (tertiary alicyclic amines) is 1. The number of benzene rings is 1. The van der Waals surface area contributed by atoms with E-state index in [0.29, 0.717) is 11.6 Å². The van der Waals surface area contributed by atoms with E-state index in [1.54, 1.807) is 12.3 Å². The van der Waals surface area contributed by atoms with Crippen molar-refractivity contribution in [1.82, 2.24) is 19.9 Å². The number of carbonyl (C=O) groups is 1. The van der Waals surface area contributed by atoms with E-state index in [-0.39, 0.29) is 5.91 Å². The predicted molar refractivity (Wildman–Crippen MR) is 101 cm³/mol. The van der Waals surface area contributed by atoms with Gasteiger partial charge < -0.3 is 4.90 Å². The predicted octanol–water partition coefficient (Wildman–Crippen LogP) is 3.51. The lowest BCUT2D eigenvalue weighted by Gasteiger charge is -2.20. The number of rotatable bonds is 3. The Morgan fingerprint density at radius 1 is 1.04 bits per heavy atom. The molecule has 1 amide bonds. The van der Waals surface area contributed by atoms with Crippen LogP contribution in [0.4, 0.5) is 0 Å². The van der Waals surface area contributed by atoms with Crippen molar-refractivity contribution in [1.29, 1.82) is 0 Å². The summed E-state index contributed by atoms with van der Waals surface area (Å²) in [6, 6.07) is 10.4. The fraction of sp³-hybridized carbons (Fsp3) is 0.333. The van der Waals surface area contributed by atoms with Crippen molar-refractivity contribution in [3.8, 4) is 0 Å². The number of hydrogen-bond donors (Lipinski definition) is 0. The Balaban J connectivity index is 1.41. The molecule has 1 saturated heterocycles. The number of pyridine rings is 1. The SMILES string of the molecule is O=C(c1ccncn1)N1CCC[C@@H](Cc2ccc3cnccc3c2)CC1. The zero-order chi connectivity index (χ0) is 17.8. The highest BCUT2D eigenvalue weighted by Crippen LogP contribution is 2.24. The van der Waals surface area contributed by atoms with E-state index in [0.717, 1.165) is 38.8 Å². The maximum atomic E-state index is 12.6. The summed E-state index contributed by atoms with van der Waals surface area (Å²) in [5.41, 5.74) is 1.85. The lowest BCUT2D eigenvalue weighted by atomic mass is 9.92. The number of fused-ring (bicyclic) bond motifs is 1. The molecule has 0 saturated carbocycles. The van der Waals surface area contributed by atoms with Gasteiger partial charge in [-0.1, -0.05) is 18.2 Å². The van der Waals surface area contributed by atoms with E-state index in [1.807, 2.05) is 17.3 Å². The molecule has 0 radical (unpaired) electrons. The number of nitrogens with zero attached hydrogens (tertiary/aromatic N) is 4. The minimum absolute atomic E-state index is 0.0197. The summed E-state index contributed by atoms with van der Waals surface area (Å²) in [7, 11) is 0. The van der Waals surface area contributed by atoms with Crippen LogP contribution in [-0.2, 0) is 6.42 Å². The minimum Gasteiger partial charge on any atom is -0.337 e. The van der Waals surface area contributed by atoms with Crippen LogP contribution in [0.15, 0.2) is 55.2 Å². The molecule has 0 bridgehead atoms. The first kappa shape index (κ1) is 16.6. The normalized spacial score (nSPS) is 17.8. The van der Waals surface area contributed by atoms with Gasteiger partial charge in [-0.15, -0.1) is 0 Å². The van der Waals surface area contributed by atoms with Gasteiger partial charge in [0.15, 0.2) is 0 Å².